The van der Waals surface area contributed by atoms with Gasteiger partial charge >= 0.3 is 0 Å². The molecular formula is C14H19N3O3. The molecule has 0 saturated carbocycles. The minimum Gasteiger partial charge on any atom is -0.452 e. The van der Waals surface area contributed by atoms with Crippen LogP contribution in [0.15, 0.2) is 35.3 Å². The highest BCUT2D eigenvalue weighted by Crippen LogP contribution is 2.20. The van der Waals surface area contributed by atoms with Crippen molar-refractivity contribution in [2.24, 2.45) is 16.5 Å². The number of nitrogens with zero attached hydrogens (tertiary/aromatic N) is 1. The molecule has 1 aromatic carbocycles. The van der Waals surface area contributed by atoms with Gasteiger partial charge in [0.25, 0.3) is 6.47 Å². The summed E-state index contributed by atoms with van der Waals surface area (Å²) in [6.07, 6.45) is 0.817. The molecule has 0 aliphatic carbocycles. The summed E-state index contributed by atoms with van der Waals surface area (Å²) in [5.41, 5.74) is 11.1. The predicted octanol–water partition coefficient (Wildman–Crippen LogP) is 0.914. The van der Waals surface area contributed by atoms with E-state index in [4.69, 9.17) is 16.2 Å². The fourth-order valence-corrected chi connectivity index (χ4v) is 1.77. The normalized spacial score (nSPS) is 11.4. The van der Waals surface area contributed by atoms with E-state index in [-0.39, 0.29) is 11.7 Å². The van der Waals surface area contributed by atoms with E-state index in [0.717, 1.165) is 0 Å². The van der Waals surface area contributed by atoms with Crippen molar-refractivity contribution >= 4 is 18.2 Å². The van der Waals surface area contributed by atoms with E-state index < -0.39 is 6.10 Å². The Hall–Kier alpha value is -2.37. The van der Waals surface area contributed by atoms with Crippen molar-refractivity contribution < 1.29 is 14.3 Å². The largest absolute Gasteiger partial charge is 0.452 e. The zero-order valence-corrected chi connectivity index (χ0v) is 11.2. The van der Waals surface area contributed by atoms with Crippen molar-refractivity contribution in [3.05, 3.63) is 35.9 Å². The maximum Gasteiger partial charge on any atom is 0.294 e. The number of ether oxygens (including phenoxy) is 1. The van der Waals surface area contributed by atoms with Crippen molar-refractivity contribution in [2.75, 3.05) is 6.54 Å². The van der Waals surface area contributed by atoms with E-state index >= 15 is 0 Å². The van der Waals surface area contributed by atoms with Crippen molar-refractivity contribution in [2.45, 2.75) is 25.4 Å². The maximum absolute atomic E-state index is 12.1. The molecule has 0 fully saturated rings. The molecule has 4 N–H and O–H groups in total. The third-order valence-electron chi connectivity index (χ3n) is 2.71. The zero-order valence-electron chi connectivity index (χ0n) is 11.2. The molecule has 1 unspecified atom stereocenters. The molecule has 0 amide bonds. The van der Waals surface area contributed by atoms with Gasteiger partial charge in [-0.3, -0.25) is 14.6 Å². The molecule has 0 saturated heterocycles. The summed E-state index contributed by atoms with van der Waals surface area (Å²) in [5.74, 6) is -0.0872. The summed E-state index contributed by atoms with van der Waals surface area (Å²) < 4.78 is 4.89. The first-order chi connectivity index (χ1) is 9.65. The van der Waals surface area contributed by atoms with Gasteiger partial charge in [-0.05, 0) is 18.4 Å². The van der Waals surface area contributed by atoms with Crippen LogP contribution < -0.4 is 11.5 Å². The van der Waals surface area contributed by atoms with E-state index in [1.807, 2.05) is 6.07 Å². The molecule has 6 nitrogen and oxygen atoms in total. The molecule has 0 spiro atoms. The van der Waals surface area contributed by atoms with Gasteiger partial charge in [-0.2, -0.15) is 0 Å². The monoisotopic (exact) mass is 277 g/mol. The molecule has 0 bridgehead atoms. The van der Waals surface area contributed by atoms with E-state index in [9.17, 15) is 9.59 Å². The molecule has 0 aromatic heterocycles. The van der Waals surface area contributed by atoms with Gasteiger partial charge in [-0.15, -0.1) is 0 Å². The van der Waals surface area contributed by atoms with Crippen LogP contribution >= 0.6 is 0 Å². The second-order valence-electron chi connectivity index (χ2n) is 4.25. The lowest BCUT2D eigenvalue weighted by atomic mass is 10.0. The highest BCUT2D eigenvalue weighted by atomic mass is 16.5. The van der Waals surface area contributed by atoms with Gasteiger partial charge in [0.15, 0.2) is 17.8 Å². The topological polar surface area (TPSA) is 108 Å². The third-order valence-corrected chi connectivity index (χ3v) is 2.71. The van der Waals surface area contributed by atoms with Crippen molar-refractivity contribution in [3.63, 3.8) is 0 Å². The number of carbonyl (C=O) groups excluding carboxylic acids is 2. The molecule has 1 rings (SSSR count). The second kappa shape index (κ2) is 8.68. The quantitative estimate of drug-likeness (QED) is 0.302. The van der Waals surface area contributed by atoms with Crippen molar-refractivity contribution in [1.82, 2.24) is 0 Å². The number of rotatable bonds is 9. The Bertz CT molecular complexity index is 456. The smallest absolute Gasteiger partial charge is 0.294 e. The fraction of sp³-hybridized carbons (Fsp3) is 0.357. The first-order valence-electron chi connectivity index (χ1n) is 6.37. The molecule has 108 valence electrons. The SMILES string of the molecule is NC(N)=NCCCCC(=O)C(OC=O)c1ccccc1. The minimum atomic E-state index is -0.836. The summed E-state index contributed by atoms with van der Waals surface area (Å²) in [6, 6.07) is 8.93. The van der Waals surface area contributed by atoms with E-state index in [0.29, 0.717) is 37.8 Å². The lowest BCUT2D eigenvalue weighted by Gasteiger charge is -2.14. The molecule has 0 heterocycles. The van der Waals surface area contributed by atoms with Gasteiger partial charge in [0.1, 0.15) is 0 Å². The average Bonchev–Trinajstić information content (AvgIpc) is 2.44. The second-order valence-corrected chi connectivity index (χ2v) is 4.25. The molecule has 1 aromatic rings. The van der Waals surface area contributed by atoms with Crippen LogP contribution in [0.5, 0.6) is 0 Å². The summed E-state index contributed by atoms with van der Waals surface area (Å²) in [5, 5.41) is 0. The van der Waals surface area contributed by atoms with Crippen LogP contribution in [0.25, 0.3) is 0 Å². The van der Waals surface area contributed by atoms with Crippen LogP contribution in [0.1, 0.15) is 30.9 Å². The number of carbonyl (C=O) groups is 2. The fourth-order valence-electron chi connectivity index (χ4n) is 1.77. The Labute approximate surface area is 117 Å². The van der Waals surface area contributed by atoms with Crippen LogP contribution in [0, 0.1) is 0 Å². The molecule has 0 aliphatic heterocycles. The van der Waals surface area contributed by atoms with Gasteiger partial charge in [-0.25, -0.2) is 0 Å². The van der Waals surface area contributed by atoms with Crippen LogP contribution in [0.4, 0.5) is 0 Å². The number of nitrogens with two attached hydrogens (primary N) is 2. The maximum atomic E-state index is 12.1. The van der Waals surface area contributed by atoms with Crippen LogP contribution in [0.3, 0.4) is 0 Å². The van der Waals surface area contributed by atoms with Gasteiger partial charge in [0, 0.05) is 13.0 Å². The number of aliphatic imine (C=N–C) groups is 1. The van der Waals surface area contributed by atoms with Crippen molar-refractivity contribution in [3.8, 4) is 0 Å². The lowest BCUT2D eigenvalue weighted by Crippen LogP contribution is -2.23. The molecule has 1 atom stereocenters. The summed E-state index contributed by atoms with van der Waals surface area (Å²) in [6.45, 7) is 0.787. The summed E-state index contributed by atoms with van der Waals surface area (Å²) in [4.78, 5) is 26.4. The number of hydrogen-bond acceptors (Lipinski definition) is 4. The van der Waals surface area contributed by atoms with Gasteiger partial charge in [0.2, 0.25) is 0 Å². The van der Waals surface area contributed by atoms with Gasteiger partial charge in [-0.1, -0.05) is 30.3 Å². The molecule has 20 heavy (non-hydrogen) atoms. The van der Waals surface area contributed by atoms with Gasteiger partial charge in [0.05, 0.1) is 0 Å². The Morgan fingerprint density at radius 3 is 2.55 bits per heavy atom. The minimum absolute atomic E-state index is 0.0442. The number of Topliss-reactive ketones (excluding diaryl/α,β-unsaturated/α-hetero) is 1. The molecule has 0 radical (unpaired) electrons. The first-order valence-corrected chi connectivity index (χ1v) is 6.37. The van der Waals surface area contributed by atoms with E-state index in [2.05, 4.69) is 4.99 Å². The Morgan fingerprint density at radius 1 is 1.25 bits per heavy atom. The number of ketones is 1. The predicted molar refractivity (Wildman–Crippen MR) is 75.9 cm³/mol. The highest BCUT2D eigenvalue weighted by molar-refractivity contribution is 5.85. The molecular weight excluding hydrogens is 258 g/mol. The Kier molecular flexibility index (Phi) is 6.81. The van der Waals surface area contributed by atoms with Crippen LogP contribution in [0.2, 0.25) is 0 Å². The van der Waals surface area contributed by atoms with Crippen LogP contribution in [-0.2, 0) is 14.3 Å². The number of unbranched alkanes of at least 4 members (excludes halogenated alkanes) is 1. The van der Waals surface area contributed by atoms with Crippen molar-refractivity contribution in [1.29, 1.82) is 0 Å². The lowest BCUT2D eigenvalue weighted by molar-refractivity contribution is -0.144. The molecule has 0 aliphatic rings. The summed E-state index contributed by atoms with van der Waals surface area (Å²) in [7, 11) is 0. The molecule has 6 heteroatoms. The number of hydrogen-bond donors (Lipinski definition) is 2. The zero-order chi connectivity index (χ0) is 14.8. The number of guanidine groups is 1. The van der Waals surface area contributed by atoms with Gasteiger partial charge < -0.3 is 16.2 Å². The van der Waals surface area contributed by atoms with E-state index in [1.165, 1.54) is 0 Å². The average molecular weight is 277 g/mol. The highest BCUT2D eigenvalue weighted by Gasteiger charge is 2.20. The standard InChI is InChI=1S/C14H19N3O3/c15-14(16)17-9-5-4-8-12(19)13(20-10-18)11-6-2-1-3-7-11/h1-3,6-7,10,13H,4-5,8-9H2,(H4,15,16,17). The van der Waals surface area contributed by atoms with Crippen LogP contribution in [-0.4, -0.2) is 24.8 Å². The number of benzene rings is 1. The third kappa shape index (κ3) is 5.51. The Balaban J connectivity index is 2.49. The first kappa shape index (κ1) is 15.7. The summed E-state index contributed by atoms with van der Waals surface area (Å²) >= 11 is 0. The Morgan fingerprint density at radius 2 is 1.95 bits per heavy atom. The van der Waals surface area contributed by atoms with E-state index in [1.54, 1.807) is 24.3 Å².